The lowest BCUT2D eigenvalue weighted by Crippen LogP contribution is -2.51. The number of nitrogens with one attached hydrogen (secondary N) is 1. The van der Waals surface area contributed by atoms with E-state index in [9.17, 15) is 9.59 Å². The van der Waals surface area contributed by atoms with E-state index in [-0.39, 0.29) is 23.8 Å². The first-order chi connectivity index (χ1) is 8.94. The fourth-order valence-corrected chi connectivity index (χ4v) is 2.65. The summed E-state index contributed by atoms with van der Waals surface area (Å²) in [5, 5.41) is 3.27. The highest BCUT2D eigenvalue weighted by Gasteiger charge is 2.37. The zero-order chi connectivity index (χ0) is 14.5. The normalized spacial score (nSPS) is 22.9. The number of nitrogens with zero attached hydrogens (tertiary/aromatic N) is 2. The number of amides is 2. The van der Waals surface area contributed by atoms with Gasteiger partial charge in [0.1, 0.15) is 0 Å². The van der Waals surface area contributed by atoms with Crippen molar-refractivity contribution in [2.45, 2.75) is 33.6 Å². The Kier molecular flexibility index (Phi) is 5.79. The first-order valence-corrected chi connectivity index (χ1v) is 7.18. The van der Waals surface area contributed by atoms with E-state index in [0.29, 0.717) is 19.6 Å². The van der Waals surface area contributed by atoms with Gasteiger partial charge < -0.3 is 15.1 Å². The smallest absolute Gasteiger partial charge is 0.242 e. The molecule has 1 saturated heterocycles. The Morgan fingerprint density at radius 1 is 1.26 bits per heavy atom. The SMILES string of the molecule is CCN(CC)C(=O)CN(C)C(=O)C1(C)CCCNC1. The van der Waals surface area contributed by atoms with Crippen molar-refractivity contribution in [2.75, 3.05) is 39.8 Å². The molecule has 1 heterocycles. The number of hydrogen-bond acceptors (Lipinski definition) is 3. The van der Waals surface area contributed by atoms with Gasteiger partial charge in [0.05, 0.1) is 12.0 Å². The zero-order valence-corrected chi connectivity index (χ0v) is 12.7. The highest BCUT2D eigenvalue weighted by molar-refractivity contribution is 5.87. The highest BCUT2D eigenvalue weighted by atomic mass is 16.2. The predicted molar refractivity (Wildman–Crippen MR) is 75.8 cm³/mol. The lowest BCUT2D eigenvalue weighted by molar-refractivity contribution is -0.146. The quantitative estimate of drug-likeness (QED) is 0.799. The monoisotopic (exact) mass is 269 g/mol. The van der Waals surface area contributed by atoms with Crippen LogP contribution in [0.1, 0.15) is 33.6 Å². The summed E-state index contributed by atoms with van der Waals surface area (Å²) in [6.07, 6.45) is 1.91. The van der Waals surface area contributed by atoms with Gasteiger partial charge in [0.15, 0.2) is 0 Å². The molecule has 5 heteroatoms. The van der Waals surface area contributed by atoms with E-state index in [1.165, 1.54) is 0 Å². The second-order valence-corrected chi connectivity index (χ2v) is 5.57. The molecule has 0 radical (unpaired) electrons. The Hall–Kier alpha value is -1.10. The van der Waals surface area contributed by atoms with Gasteiger partial charge in [-0.15, -0.1) is 0 Å². The maximum Gasteiger partial charge on any atom is 0.242 e. The van der Waals surface area contributed by atoms with E-state index in [0.717, 1.165) is 19.4 Å². The summed E-state index contributed by atoms with van der Waals surface area (Å²) in [7, 11) is 1.73. The summed E-state index contributed by atoms with van der Waals surface area (Å²) in [4.78, 5) is 27.8. The summed E-state index contributed by atoms with van der Waals surface area (Å²) in [6, 6.07) is 0. The Morgan fingerprint density at radius 3 is 2.37 bits per heavy atom. The summed E-state index contributed by atoms with van der Waals surface area (Å²) >= 11 is 0. The molecule has 0 aromatic rings. The third-order valence-electron chi connectivity index (χ3n) is 3.95. The second-order valence-electron chi connectivity index (χ2n) is 5.57. The molecule has 0 aromatic carbocycles. The van der Waals surface area contributed by atoms with Crippen LogP contribution in [0, 0.1) is 5.41 Å². The molecular formula is C14H27N3O2. The standard InChI is InChI=1S/C14H27N3O2/c1-5-17(6-2)12(18)10-16(4)13(19)14(3)8-7-9-15-11-14/h15H,5-11H2,1-4H3. The van der Waals surface area contributed by atoms with Crippen molar-refractivity contribution in [1.82, 2.24) is 15.1 Å². The van der Waals surface area contributed by atoms with Crippen LogP contribution in [-0.2, 0) is 9.59 Å². The number of piperidine rings is 1. The molecule has 1 N–H and O–H groups in total. The summed E-state index contributed by atoms with van der Waals surface area (Å²) in [6.45, 7) is 9.13. The minimum atomic E-state index is -0.365. The van der Waals surface area contributed by atoms with Crippen molar-refractivity contribution in [2.24, 2.45) is 5.41 Å². The first-order valence-electron chi connectivity index (χ1n) is 7.18. The average Bonchev–Trinajstić information content (AvgIpc) is 2.40. The molecule has 0 bridgehead atoms. The third kappa shape index (κ3) is 3.93. The van der Waals surface area contributed by atoms with Crippen LogP contribution in [0.15, 0.2) is 0 Å². The molecule has 0 aromatic heterocycles. The van der Waals surface area contributed by atoms with E-state index >= 15 is 0 Å². The molecule has 1 atom stereocenters. The predicted octanol–water partition coefficient (Wildman–Crippen LogP) is 0.703. The molecule has 5 nitrogen and oxygen atoms in total. The second kappa shape index (κ2) is 6.89. The minimum absolute atomic E-state index is 0.0215. The number of carbonyl (C=O) groups excluding carboxylic acids is 2. The number of carbonyl (C=O) groups is 2. The topological polar surface area (TPSA) is 52.7 Å². The van der Waals surface area contributed by atoms with Crippen LogP contribution in [0.3, 0.4) is 0 Å². The fourth-order valence-electron chi connectivity index (χ4n) is 2.65. The molecule has 0 spiro atoms. The number of hydrogen-bond donors (Lipinski definition) is 1. The van der Waals surface area contributed by atoms with Gasteiger partial charge in [0.25, 0.3) is 0 Å². The van der Waals surface area contributed by atoms with Gasteiger partial charge in [-0.2, -0.15) is 0 Å². The van der Waals surface area contributed by atoms with E-state index < -0.39 is 0 Å². The summed E-state index contributed by atoms with van der Waals surface area (Å²) in [5.41, 5.74) is -0.365. The van der Waals surface area contributed by atoms with Gasteiger partial charge in [0, 0.05) is 26.7 Å². The van der Waals surface area contributed by atoms with Crippen molar-refractivity contribution in [3.63, 3.8) is 0 Å². The Morgan fingerprint density at radius 2 is 1.89 bits per heavy atom. The minimum Gasteiger partial charge on any atom is -0.342 e. The molecule has 0 saturated carbocycles. The van der Waals surface area contributed by atoms with Crippen LogP contribution in [0.2, 0.25) is 0 Å². The average molecular weight is 269 g/mol. The van der Waals surface area contributed by atoms with Gasteiger partial charge >= 0.3 is 0 Å². The number of rotatable bonds is 5. The van der Waals surface area contributed by atoms with Crippen molar-refractivity contribution < 1.29 is 9.59 Å². The maximum absolute atomic E-state index is 12.5. The van der Waals surface area contributed by atoms with Crippen LogP contribution < -0.4 is 5.32 Å². The molecule has 1 unspecified atom stereocenters. The zero-order valence-electron chi connectivity index (χ0n) is 12.7. The molecule has 1 aliphatic rings. The highest BCUT2D eigenvalue weighted by Crippen LogP contribution is 2.27. The van der Waals surface area contributed by atoms with Crippen molar-refractivity contribution >= 4 is 11.8 Å². The largest absolute Gasteiger partial charge is 0.342 e. The Bertz CT molecular complexity index is 321. The van der Waals surface area contributed by atoms with Gasteiger partial charge in [-0.25, -0.2) is 0 Å². The van der Waals surface area contributed by atoms with E-state index in [2.05, 4.69) is 5.32 Å². The molecule has 2 amide bonds. The van der Waals surface area contributed by atoms with Crippen molar-refractivity contribution in [3.05, 3.63) is 0 Å². The molecule has 110 valence electrons. The maximum atomic E-state index is 12.5. The van der Waals surface area contributed by atoms with Crippen LogP contribution in [0.25, 0.3) is 0 Å². The van der Waals surface area contributed by atoms with Gasteiger partial charge in [-0.1, -0.05) is 0 Å². The van der Waals surface area contributed by atoms with Gasteiger partial charge in [0.2, 0.25) is 11.8 Å². The van der Waals surface area contributed by atoms with Crippen LogP contribution >= 0.6 is 0 Å². The Balaban J connectivity index is 2.59. The lowest BCUT2D eigenvalue weighted by atomic mass is 9.81. The fraction of sp³-hybridized carbons (Fsp3) is 0.857. The van der Waals surface area contributed by atoms with Gasteiger partial charge in [-0.05, 0) is 40.2 Å². The molecule has 19 heavy (non-hydrogen) atoms. The van der Waals surface area contributed by atoms with E-state index in [1.807, 2.05) is 20.8 Å². The molecular weight excluding hydrogens is 242 g/mol. The first kappa shape index (κ1) is 16.0. The molecule has 1 rings (SSSR count). The summed E-state index contributed by atoms with van der Waals surface area (Å²) < 4.78 is 0. The molecule has 1 aliphatic heterocycles. The molecule has 0 aliphatic carbocycles. The third-order valence-corrected chi connectivity index (χ3v) is 3.95. The van der Waals surface area contributed by atoms with Crippen molar-refractivity contribution in [1.29, 1.82) is 0 Å². The van der Waals surface area contributed by atoms with E-state index in [1.54, 1.807) is 16.8 Å². The lowest BCUT2D eigenvalue weighted by Gasteiger charge is -2.36. The van der Waals surface area contributed by atoms with Crippen LogP contribution in [0.4, 0.5) is 0 Å². The van der Waals surface area contributed by atoms with Crippen molar-refractivity contribution in [3.8, 4) is 0 Å². The van der Waals surface area contributed by atoms with Crippen LogP contribution in [0.5, 0.6) is 0 Å². The Labute approximate surface area is 116 Å². The van der Waals surface area contributed by atoms with Crippen LogP contribution in [-0.4, -0.2) is 61.4 Å². The molecule has 1 fully saturated rings. The van der Waals surface area contributed by atoms with Gasteiger partial charge in [-0.3, -0.25) is 9.59 Å². The summed E-state index contributed by atoms with van der Waals surface area (Å²) in [5.74, 6) is 0.0911. The van der Waals surface area contributed by atoms with E-state index in [4.69, 9.17) is 0 Å². The number of likely N-dealkylation sites (N-methyl/N-ethyl adjacent to an activating group) is 2.